The van der Waals surface area contributed by atoms with Crippen molar-refractivity contribution in [2.24, 2.45) is 0 Å². The van der Waals surface area contributed by atoms with E-state index < -0.39 is 5.82 Å². The number of ether oxygens (including phenoxy) is 1. The number of carbonyl (C=O) groups excluding carboxylic acids is 1. The molecular weight excluding hydrogens is 369 g/mol. The van der Waals surface area contributed by atoms with Crippen molar-refractivity contribution in [3.05, 3.63) is 52.9 Å². The molecule has 2 aromatic rings. The SMILES string of the molecule is Cc1cccnc1OC1CCN(C(C)C(=O)Nc2ccc(F)cc2Cl)CC1. The van der Waals surface area contributed by atoms with Crippen LogP contribution in [0.15, 0.2) is 36.5 Å². The number of amides is 1. The molecule has 1 saturated heterocycles. The molecule has 27 heavy (non-hydrogen) atoms. The van der Waals surface area contributed by atoms with Crippen molar-refractivity contribution in [3.63, 3.8) is 0 Å². The van der Waals surface area contributed by atoms with E-state index in [1.807, 2.05) is 26.0 Å². The number of halogens is 2. The molecule has 2 heterocycles. The second-order valence-electron chi connectivity index (χ2n) is 6.77. The van der Waals surface area contributed by atoms with Crippen molar-refractivity contribution in [1.29, 1.82) is 0 Å². The molecule has 1 aliphatic rings. The number of hydrogen-bond donors (Lipinski definition) is 1. The predicted octanol–water partition coefficient (Wildman–Crippen LogP) is 4.05. The van der Waals surface area contributed by atoms with Crippen molar-refractivity contribution >= 4 is 23.2 Å². The Hall–Kier alpha value is -2.18. The molecule has 1 aliphatic heterocycles. The van der Waals surface area contributed by atoms with E-state index in [0.29, 0.717) is 11.6 Å². The average molecular weight is 392 g/mol. The third-order valence-corrected chi connectivity index (χ3v) is 5.15. The molecule has 0 spiro atoms. The van der Waals surface area contributed by atoms with E-state index in [1.165, 1.54) is 18.2 Å². The number of anilines is 1. The standard InChI is InChI=1S/C20H23ClFN3O2/c1-13-4-3-9-23-20(13)27-16-7-10-25(11-8-16)14(2)19(26)24-18-6-5-15(22)12-17(18)21/h3-6,9,12,14,16H,7-8,10-11H2,1-2H3,(H,24,26). The molecule has 144 valence electrons. The third-order valence-electron chi connectivity index (χ3n) is 4.83. The molecule has 0 radical (unpaired) electrons. The van der Waals surface area contributed by atoms with Gasteiger partial charge in [0.2, 0.25) is 11.8 Å². The van der Waals surface area contributed by atoms with E-state index in [-0.39, 0.29) is 23.1 Å². The Morgan fingerprint density at radius 1 is 1.37 bits per heavy atom. The Bertz CT molecular complexity index is 810. The lowest BCUT2D eigenvalue weighted by molar-refractivity contribution is -0.121. The smallest absolute Gasteiger partial charge is 0.241 e. The molecule has 1 atom stereocenters. The zero-order valence-corrected chi connectivity index (χ0v) is 16.2. The molecule has 1 N–H and O–H groups in total. The van der Waals surface area contributed by atoms with Gasteiger partial charge in [0, 0.05) is 24.8 Å². The molecule has 1 fully saturated rings. The lowest BCUT2D eigenvalue weighted by atomic mass is 10.1. The number of hydrogen-bond acceptors (Lipinski definition) is 4. The molecule has 0 bridgehead atoms. The van der Waals surface area contributed by atoms with Gasteiger partial charge in [-0.2, -0.15) is 0 Å². The second kappa shape index (κ2) is 8.67. The van der Waals surface area contributed by atoms with E-state index >= 15 is 0 Å². The zero-order valence-electron chi connectivity index (χ0n) is 15.4. The highest BCUT2D eigenvalue weighted by atomic mass is 35.5. The minimum absolute atomic E-state index is 0.0941. The van der Waals surface area contributed by atoms with Crippen molar-refractivity contribution < 1.29 is 13.9 Å². The fourth-order valence-corrected chi connectivity index (χ4v) is 3.34. The summed E-state index contributed by atoms with van der Waals surface area (Å²) in [7, 11) is 0. The van der Waals surface area contributed by atoms with Crippen LogP contribution in [0.3, 0.4) is 0 Å². The Balaban J connectivity index is 1.52. The highest BCUT2D eigenvalue weighted by Crippen LogP contribution is 2.24. The van der Waals surface area contributed by atoms with E-state index in [4.69, 9.17) is 16.3 Å². The topological polar surface area (TPSA) is 54.5 Å². The van der Waals surface area contributed by atoms with Gasteiger partial charge < -0.3 is 10.1 Å². The van der Waals surface area contributed by atoms with Crippen LogP contribution in [-0.2, 0) is 4.79 Å². The third kappa shape index (κ3) is 4.96. The van der Waals surface area contributed by atoms with Gasteiger partial charge >= 0.3 is 0 Å². The van der Waals surface area contributed by atoms with Gasteiger partial charge in [0.1, 0.15) is 11.9 Å². The van der Waals surface area contributed by atoms with Gasteiger partial charge in [-0.05, 0) is 51.0 Å². The first-order chi connectivity index (χ1) is 12.9. The number of rotatable bonds is 5. The molecular formula is C20H23ClFN3O2. The maximum Gasteiger partial charge on any atom is 0.241 e. The Morgan fingerprint density at radius 2 is 2.11 bits per heavy atom. The molecule has 5 nitrogen and oxygen atoms in total. The monoisotopic (exact) mass is 391 g/mol. The van der Waals surface area contributed by atoms with Gasteiger partial charge in [-0.25, -0.2) is 9.37 Å². The molecule has 1 unspecified atom stereocenters. The van der Waals surface area contributed by atoms with E-state index in [2.05, 4.69) is 15.2 Å². The number of pyridine rings is 1. The Labute approximate surface area is 163 Å². The van der Waals surface area contributed by atoms with Crippen LogP contribution >= 0.6 is 11.6 Å². The molecule has 1 aromatic carbocycles. The van der Waals surface area contributed by atoms with E-state index in [9.17, 15) is 9.18 Å². The Morgan fingerprint density at radius 3 is 2.78 bits per heavy atom. The summed E-state index contributed by atoms with van der Waals surface area (Å²) in [5.41, 5.74) is 1.43. The lowest BCUT2D eigenvalue weighted by Crippen LogP contribution is -2.48. The van der Waals surface area contributed by atoms with Crippen LogP contribution in [-0.4, -0.2) is 41.0 Å². The zero-order chi connectivity index (χ0) is 19.4. The minimum atomic E-state index is -0.434. The molecule has 0 saturated carbocycles. The molecule has 0 aliphatic carbocycles. The van der Waals surface area contributed by atoms with Crippen LogP contribution < -0.4 is 10.1 Å². The first-order valence-electron chi connectivity index (χ1n) is 9.02. The van der Waals surface area contributed by atoms with Crippen molar-refractivity contribution in [2.45, 2.75) is 38.8 Å². The van der Waals surface area contributed by atoms with Crippen LogP contribution in [0.1, 0.15) is 25.3 Å². The molecule has 1 amide bonds. The number of nitrogens with one attached hydrogen (secondary N) is 1. The maximum atomic E-state index is 13.1. The Kier molecular flexibility index (Phi) is 6.29. The van der Waals surface area contributed by atoms with Crippen LogP contribution in [0.4, 0.5) is 10.1 Å². The number of benzene rings is 1. The van der Waals surface area contributed by atoms with Gasteiger partial charge in [0.25, 0.3) is 0 Å². The van der Waals surface area contributed by atoms with Crippen LogP contribution in [0.5, 0.6) is 5.88 Å². The lowest BCUT2D eigenvalue weighted by Gasteiger charge is -2.35. The van der Waals surface area contributed by atoms with Crippen LogP contribution in [0, 0.1) is 12.7 Å². The summed E-state index contributed by atoms with van der Waals surface area (Å²) in [5.74, 6) is 0.0763. The van der Waals surface area contributed by atoms with Gasteiger partial charge in [-0.1, -0.05) is 17.7 Å². The van der Waals surface area contributed by atoms with E-state index in [1.54, 1.807) is 6.20 Å². The molecule has 7 heteroatoms. The summed E-state index contributed by atoms with van der Waals surface area (Å²) < 4.78 is 19.1. The number of carbonyl (C=O) groups is 1. The number of aryl methyl sites for hydroxylation is 1. The summed E-state index contributed by atoms with van der Waals surface area (Å²) in [6.07, 6.45) is 3.47. The number of likely N-dealkylation sites (tertiary alicyclic amines) is 1. The first kappa shape index (κ1) is 19.6. The fraction of sp³-hybridized carbons (Fsp3) is 0.400. The van der Waals surface area contributed by atoms with Crippen LogP contribution in [0.2, 0.25) is 5.02 Å². The highest BCUT2D eigenvalue weighted by Gasteiger charge is 2.28. The molecule has 1 aromatic heterocycles. The first-order valence-corrected chi connectivity index (χ1v) is 9.40. The quantitative estimate of drug-likeness (QED) is 0.835. The van der Waals surface area contributed by atoms with Gasteiger partial charge in [0.15, 0.2) is 0 Å². The minimum Gasteiger partial charge on any atom is -0.474 e. The van der Waals surface area contributed by atoms with E-state index in [0.717, 1.165) is 31.5 Å². The largest absolute Gasteiger partial charge is 0.474 e. The number of piperidine rings is 1. The van der Waals surface area contributed by atoms with Gasteiger partial charge in [-0.3, -0.25) is 9.69 Å². The predicted molar refractivity (Wildman–Crippen MR) is 104 cm³/mol. The van der Waals surface area contributed by atoms with Crippen LogP contribution in [0.25, 0.3) is 0 Å². The van der Waals surface area contributed by atoms with Gasteiger partial charge in [0.05, 0.1) is 16.8 Å². The number of aromatic nitrogens is 1. The maximum absolute atomic E-state index is 13.1. The highest BCUT2D eigenvalue weighted by molar-refractivity contribution is 6.33. The summed E-state index contributed by atoms with van der Waals surface area (Å²) in [5, 5.41) is 2.96. The number of nitrogens with zero attached hydrogens (tertiary/aromatic N) is 2. The summed E-state index contributed by atoms with van der Waals surface area (Å²) >= 11 is 5.98. The normalized spacial score (nSPS) is 16.7. The summed E-state index contributed by atoms with van der Waals surface area (Å²) in [6, 6.07) is 7.47. The summed E-state index contributed by atoms with van der Waals surface area (Å²) in [4.78, 5) is 18.9. The van der Waals surface area contributed by atoms with Crippen molar-refractivity contribution in [3.8, 4) is 5.88 Å². The average Bonchev–Trinajstić information content (AvgIpc) is 2.66. The van der Waals surface area contributed by atoms with Crippen molar-refractivity contribution in [2.75, 3.05) is 18.4 Å². The second-order valence-corrected chi connectivity index (χ2v) is 7.18. The van der Waals surface area contributed by atoms with Crippen molar-refractivity contribution in [1.82, 2.24) is 9.88 Å². The fourth-order valence-electron chi connectivity index (χ4n) is 3.13. The van der Waals surface area contributed by atoms with Gasteiger partial charge in [-0.15, -0.1) is 0 Å². The summed E-state index contributed by atoms with van der Waals surface area (Å²) in [6.45, 7) is 5.34. The molecule has 3 rings (SSSR count).